The average Bonchev–Trinajstić information content (AvgIpc) is 2.82. The van der Waals surface area contributed by atoms with Gasteiger partial charge in [-0.3, -0.25) is 4.90 Å². The first kappa shape index (κ1) is 17.5. The quantitative estimate of drug-likeness (QED) is 0.839. The van der Waals surface area contributed by atoms with Gasteiger partial charge in [0.1, 0.15) is 5.60 Å². The second-order valence-corrected chi connectivity index (χ2v) is 8.41. The van der Waals surface area contributed by atoms with E-state index in [4.69, 9.17) is 16.3 Å². The van der Waals surface area contributed by atoms with Gasteiger partial charge in [0, 0.05) is 36.8 Å². The van der Waals surface area contributed by atoms with Crippen LogP contribution in [0.25, 0.3) is 0 Å². The highest BCUT2D eigenvalue weighted by molar-refractivity contribution is 7.15. The van der Waals surface area contributed by atoms with Gasteiger partial charge < -0.3 is 9.64 Å². The molecule has 0 saturated carbocycles. The molecule has 0 bridgehead atoms. The van der Waals surface area contributed by atoms with Crippen LogP contribution in [0.3, 0.4) is 0 Å². The molecule has 1 aromatic rings. The lowest BCUT2D eigenvalue weighted by Crippen LogP contribution is -2.49. The van der Waals surface area contributed by atoms with Crippen molar-refractivity contribution in [2.24, 2.45) is 0 Å². The van der Waals surface area contributed by atoms with Gasteiger partial charge in [-0.2, -0.15) is 0 Å². The van der Waals surface area contributed by atoms with Crippen molar-refractivity contribution in [2.75, 3.05) is 20.1 Å². The number of piperidine rings is 1. The van der Waals surface area contributed by atoms with Crippen LogP contribution in [0.1, 0.15) is 38.5 Å². The molecular formula is C15H24ClN3O2S. The Morgan fingerprint density at radius 3 is 2.91 bits per heavy atom. The first-order valence-electron chi connectivity index (χ1n) is 7.53. The molecule has 1 amide bonds. The predicted octanol–water partition coefficient (Wildman–Crippen LogP) is 3.63. The summed E-state index contributed by atoms with van der Waals surface area (Å²) in [7, 11) is 2.08. The van der Waals surface area contributed by atoms with Gasteiger partial charge in [-0.05, 0) is 40.7 Å². The first-order valence-corrected chi connectivity index (χ1v) is 8.72. The van der Waals surface area contributed by atoms with E-state index in [0.717, 1.165) is 30.8 Å². The number of rotatable bonds is 3. The van der Waals surface area contributed by atoms with Crippen molar-refractivity contribution in [2.45, 2.75) is 51.8 Å². The maximum Gasteiger partial charge on any atom is 0.410 e. The van der Waals surface area contributed by atoms with E-state index in [1.165, 1.54) is 11.3 Å². The van der Waals surface area contributed by atoms with E-state index in [0.29, 0.717) is 17.1 Å². The van der Waals surface area contributed by atoms with Gasteiger partial charge in [-0.1, -0.05) is 11.6 Å². The molecule has 22 heavy (non-hydrogen) atoms. The van der Waals surface area contributed by atoms with Crippen LogP contribution in [0, 0.1) is 0 Å². The number of aromatic nitrogens is 1. The Hall–Kier alpha value is -0.850. The molecule has 0 unspecified atom stereocenters. The molecular weight excluding hydrogens is 322 g/mol. The van der Waals surface area contributed by atoms with Crippen molar-refractivity contribution in [3.63, 3.8) is 0 Å². The Bertz CT molecular complexity index is 515. The summed E-state index contributed by atoms with van der Waals surface area (Å²) in [6, 6.07) is 0.335. The van der Waals surface area contributed by atoms with Gasteiger partial charge in [0.05, 0.1) is 0 Å². The molecule has 1 aliphatic rings. The minimum Gasteiger partial charge on any atom is -0.444 e. The van der Waals surface area contributed by atoms with Gasteiger partial charge in [-0.25, -0.2) is 9.78 Å². The molecule has 0 spiro atoms. The molecule has 7 heteroatoms. The summed E-state index contributed by atoms with van der Waals surface area (Å²) in [5.41, 5.74) is -0.449. The fraction of sp³-hybridized carbons (Fsp3) is 0.733. The SMILES string of the molecule is CN(Cc1cnc(Cl)s1)[C@@H]1CCCN(C(=O)OC(C)(C)C)C1. The van der Waals surface area contributed by atoms with Gasteiger partial charge in [0.15, 0.2) is 4.47 Å². The van der Waals surface area contributed by atoms with Crippen LogP contribution in [-0.2, 0) is 11.3 Å². The van der Waals surface area contributed by atoms with E-state index in [-0.39, 0.29) is 6.09 Å². The lowest BCUT2D eigenvalue weighted by atomic mass is 10.0. The van der Waals surface area contributed by atoms with E-state index in [9.17, 15) is 4.79 Å². The molecule has 5 nitrogen and oxygen atoms in total. The maximum absolute atomic E-state index is 12.2. The monoisotopic (exact) mass is 345 g/mol. The summed E-state index contributed by atoms with van der Waals surface area (Å²) in [5.74, 6) is 0. The summed E-state index contributed by atoms with van der Waals surface area (Å²) in [6.07, 6.45) is 3.68. The lowest BCUT2D eigenvalue weighted by molar-refractivity contribution is 0.0121. The normalized spacial score (nSPS) is 19.5. The third-order valence-electron chi connectivity index (χ3n) is 3.60. The molecule has 1 saturated heterocycles. The third-order valence-corrected chi connectivity index (χ3v) is 4.70. The Morgan fingerprint density at radius 2 is 2.32 bits per heavy atom. The molecule has 2 rings (SSSR count). The van der Waals surface area contributed by atoms with Gasteiger partial charge >= 0.3 is 6.09 Å². The highest BCUT2D eigenvalue weighted by atomic mass is 35.5. The summed E-state index contributed by atoms with van der Waals surface area (Å²) >= 11 is 7.38. The Kier molecular flexibility index (Phi) is 5.69. The van der Waals surface area contributed by atoms with Gasteiger partial charge in [0.25, 0.3) is 0 Å². The Balaban J connectivity index is 1.90. The minimum atomic E-state index is -0.449. The highest BCUT2D eigenvalue weighted by Crippen LogP contribution is 2.23. The van der Waals surface area contributed by atoms with Crippen molar-refractivity contribution in [1.82, 2.24) is 14.8 Å². The van der Waals surface area contributed by atoms with Crippen molar-refractivity contribution >= 4 is 29.0 Å². The van der Waals surface area contributed by atoms with E-state index in [2.05, 4.69) is 16.9 Å². The summed E-state index contributed by atoms with van der Waals surface area (Å²) in [5, 5.41) is 0. The number of halogens is 1. The lowest BCUT2D eigenvalue weighted by Gasteiger charge is -2.38. The van der Waals surface area contributed by atoms with E-state index >= 15 is 0 Å². The van der Waals surface area contributed by atoms with Gasteiger partial charge in [0.2, 0.25) is 0 Å². The number of hydrogen-bond donors (Lipinski definition) is 0. The number of thiazole rings is 1. The van der Waals surface area contributed by atoms with E-state index in [1.54, 1.807) is 0 Å². The number of hydrogen-bond acceptors (Lipinski definition) is 5. The van der Waals surface area contributed by atoms with Crippen LogP contribution < -0.4 is 0 Å². The Morgan fingerprint density at radius 1 is 1.59 bits per heavy atom. The third kappa shape index (κ3) is 5.11. The van der Waals surface area contributed by atoms with Crippen LogP contribution in [0.15, 0.2) is 6.20 Å². The molecule has 1 fully saturated rings. The molecule has 0 aromatic carbocycles. The fourth-order valence-corrected chi connectivity index (χ4v) is 3.58. The summed E-state index contributed by atoms with van der Waals surface area (Å²) < 4.78 is 6.04. The molecule has 1 aliphatic heterocycles. The maximum atomic E-state index is 12.2. The first-order chi connectivity index (χ1) is 10.2. The second-order valence-electron chi connectivity index (χ2n) is 6.72. The number of carbonyl (C=O) groups excluding carboxylic acids is 1. The molecule has 1 aromatic heterocycles. The van der Waals surface area contributed by atoms with Crippen molar-refractivity contribution in [1.29, 1.82) is 0 Å². The zero-order valence-electron chi connectivity index (χ0n) is 13.6. The standard InChI is InChI=1S/C15H24ClN3O2S/c1-15(2,3)21-14(20)19-7-5-6-11(9-19)18(4)10-12-8-17-13(16)22-12/h8,11H,5-7,9-10H2,1-4H3/t11-/m1/s1. The molecule has 2 heterocycles. The van der Waals surface area contributed by atoms with E-state index in [1.807, 2.05) is 31.9 Å². The molecule has 0 radical (unpaired) electrons. The molecule has 0 aliphatic carbocycles. The smallest absolute Gasteiger partial charge is 0.410 e. The van der Waals surface area contributed by atoms with Crippen LogP contribution in [-0.4, -0.2) is 52.7 Å². The number of likely N-dealkylation sites (tertiary alicyclic amines) is 1. The second kappa shape index (κ2) is 7.15. The number of nitrogens with zero attached hydrogens (tertiary/aromatic N) is 3. The van der Waals surface area contributed by atoms with Crippen molar-refractivity contribution in [3.8, 4) is 0 Å². The van der Waals surface area contributed by atoms with Crippen molar-refractivity contribution in [3.05, 3.63) is 15.5 Å². The summed E-state index contributed by atoms with van der Waals surface area (Å²) in [4.78, 5) is 21.5. The number of carbonyl (C=O) groups is 1. The predicted molar refractivity (Wildman–Crippen MR) is 89.4 cm³/mol. The largest absolute Gasteiger partial charge is 0.444 e. The Labute approximate surface area is 141 Å². The highest BCUT2D eigenvalue weighted by Gasteiger charge is 2.29. The zero-order valence-corrected chi connectivity index (χ0v) is 15.2. The zero-order chi connectivity index (χ0) is 16.3. The van der Waals surface area contributed by atoms with Crippen LogP contribution in [0.5, 0.6) is 0 Å². The van der Waals surface area contributed by atoms with Crippen LogP contribution in [0.4, 0.5) is 4.79 Å². The molecule has 0 N–H and O–H groups in total. The fourth-order valence-electron chi connectivity index (χ4n) is 2.54. The van der Waals surface area contributed by atoms with Crippen molar-refractivity contribution < 1.29 is 9.53 Å². The van der Waals surface area contributed by atoms with Gasteiger partial charge in [-0.15, -0.1) is 11.3 Å². The summed E-state index contributed by atoms with van der Waals surface area (Å²) in [6.45, 7) is 7.96. The topological polar surface area (TPSA) is 45.7 Å². The molecule has 1 atom stereocenters. The van der Waals surface area contributed by atoms with Crippen LogP contribution >= 0.6 is 22.9 Å². The molecule has 124 valence electrons. The minimum absolute atomic E-state index is 0.216. The number of ether oxygens (including phenoxy) is 1. The number of likely N-dealkylation sites (N-methyl/N-ethyl adjacent to an activating group) is 1. The average molecular weight is 346 g/mol. The van der Waals surface area contributed by atoms with E-state index < -0.39 is 5.60 Å². The van der Waals surface area contributed by atoms with Crippen LogP contribution in [0.2, 0.25) is 4.47 Å². The number of amides is 1.